The summed E-state index contributed by atoms with van der Waals surface area (Å²) >= 11 is 0. The van der Waals surface area contributed by atoms with Crippen LogP contribution < -0.4 is 9.80 Å². The van der Waals surface area contributed by atoms with Crippen molar-refractivity contribution in [3.05, 3.63) is 30.0 Å². The standard InChI is InChI=1S/C24H30N8O3S/c1-15-12-31(22(33)24(5)6-7-36(24,34)35)16(2)11-30(15)20-19-21(29-14-28-20)32(13-23(19,3)4)18-10-26-17(8-25)9-27-18/h9-10,14-16H,6-7,11-13H2,1-5H3/t15-,16+,24+/m0/s1. The Balaban J connectivity index is 1.46. The van der Waals surface area contributed by atoms with Crippen LogP contribution in [0.2, 0.25) is 0 Å². The largest absolute Gasteiger partial charge is 0.350 e. The molecule has 0 N–H and O–H groups in total. The van der Waals surface area contributed by atoms with Gasteiger partial charge in [0.15, 0.2) is 21.3 Å². The lowest BCUT2D eigenvalue weighted by atomic mass is 9.87. The first kappa shape index (κ1) is 24.4. The van der Waals surface area contributed by atoms with E-state index in [1.54, 1.807) is 18.0 Å². The van der Waals surface area contributed by atoms with Gasteiger partial charge < -0.3 is 14.7 Å². The minimum Gasteiger partial charge on any atom is -0.350 e. The first-order valence-corrected chi connectivity index (χ1v) is 13.7. The quantitative estimate of drug-likeness (QED) is 0.598. The normalized spacial score (nSPS) is 28.3. The predicted octanol–water partition coefficient (Wildman–Crippen LogP) is 1.57. The number of nitrogens with zero attached hydrogens (tertiary/aromatic N) is 8. The number of hydrogen-bond acceptors (Lipinski definition) is 10. The fraction of sp³-hybridized carbons (Fsp3) is 0.583. The van der Waals surface area contributed by atoms with Gasteiger partial charge in [-0.25, -0.2) is 28.4 Å². The second-order valence-corrected chi connectivity index (χ2v) is 13.4. The van der Waals surface area contributed by atoms with Crippen molar-refractivity contribution in [1.82, 2.24) is 24.8 Å². The number of sulfone groups is 1. The van der Waals surface area contributed by atoms with Crippen molar-refractivity contribution in [1.29, 1.82) is 5.26 Å². The van der Waals surface area contributed by atoms with E-state index >= 15 is 0 Å². The number of carbonyl (C=O) groups excluding carboxylic acids is 1. The minimum atomic E-state index is -3.40. The van der Waals surface area contributed by atoms with Gasteiger partial charge in [0, 0.05) is 42.7 Å². The number of rotatable bonds is 3. The fourth-order valence-corrected chi connectivity index (χ4v) is 7.01. The topological polar surface area (TPSA) is 136 Å². The van der Waals surface area contributed by atoms with Crippen LogP contribution in [-0.4, -0.2) is 81.4 Å². The monoisotopic (exact) mass is 510 g/mol. The second-order valence-electron chi connectivity index (χ2n) is 10.8. The fourth-order valence-electron chi connectivity index (χ4n) is 5.48. The minimum absolute atomic E-state index is 0.0708. The van der Waals surface area contributed by atoms with Gasteiger partial charge in [-0.3, -0.25) is 4.79 Å². The molecule has 1 amide bonds. The summed E-state index contributed by atoms with van der Waals surface area (Å²) in [6.45, 7) is 11.4. The van der Waals surface area contributed by atoms with Crippen LogP contribution in [0.5, 0.6) is 0 Å². The Labute approximate surface area is 211 Å². The van der Waals surface area contributed by atoms with E-state index in [2.05, 4.69) is 38.7 Å². The summed E-state index contributed by atoms with van der Waals surface area (Å²) in [6, 6.07) is 1.73. The maximum atomic E-state index is 13.3. The van der Waals surface area contributed by atoms with Crippen molar-refractivity contribution >= 4 is 33.2 Å². The van der Waals surface area contributed by atoms with E-state index in [-0.39, 0.29) is 34.9 Å². The molecule has 3 aliphatic heterocycles. The second kappa shape index (κ2) is 8.09. The summed E-state index contributed by atoms with van der Waals surface area (Å²) in [4.78, 5) is 37.1. The molecule has 0 unspecified atom stereocenters. The number of amides is 1. The zero-order valence-electron chi connectivity index (χ0n) is 21.1. The summed E-state index contributed by atoms with van der Waals surface area (Å²) in [5.41, 5.74) is 0.938. The Kier molecular flexibility index (Phi) is 5.48. The van der Waals surface area contributed by atoms with Gasteiger partial charge in [0.05, 0.1) is 18.1 Å². The Morgan fingerprint density at radius 1 is 1.06 bits per heavy atom. The first-order valence-electron chi connectivity index (χ1n) is 12.0. The Hall–Kier alpha value is -3.33. The molecule has 0 radical (unpaired) electrons. The van der Waals surface area contributed by atoms with Crippen molar-refractivity contribution in [2.75, 3.05) is 35.2 Å². The number of hydrogen-bond donors (Lipinski definition) is 0. The molecule has 12 heteroatoms. The lowest BCUT2D eigenvalue weighted by molar-refractivity contribution is -0.137. The molecular weight excluding hydrogens is 480 g/mol. The molecular formula is C24H30N8O3S. The first-order chi connectivity index (χ1) is 16.9. The van der Waals surface area contributed by atoms with Crippen LogP contribution in [0.15, 0.2) is 18.7 Å². The van der Waals surface area contributed by atoms with Gasteiger partial charge in [-0.05, 0) is 27.2 Å². The van der Waals surface area contributed by atoms with Crippen LogP contribution in [0, 0.1) is 11.3 Å². The maximum absolute atomic E-state index is 13.3. The van der Waals surface area contributed by atoms with E-state index in [0.717, 1.165) is 17.2 Å². The number of piperazine rings is 1. The summed E-state index contributed by atoms with van der Waals surface area (Å²) in [5.74, 6) is 1.93. The van der Waals surface area contributed by atoms with E-state index in [9.17, 15) is 13.2 Å². The zero-order chi connectivity index (χ0) is 26.0. The molecule has 2 saturated heterocycles. The highest BCUT2D eigenvalue weighted by atomic mass is 32.2. The molecule has 36 heavy (non-hydrogen) atoms. The molecule has 2 aromatic rings. The van der Waals surface area contributed by atoms with Crippen molar-refractivity contribution in [3.63, 3.8) is 0 Å². The Bertz CT molecular complexity index is 1370. The molecule has 0 spiro atoms. The molecule has 5 heterocycles. The number of anilines is 3. The van der Waals surface area contributed by atoms with Crippen LogP contribution >= 0.6 is 0 Å². The lowest BCUT2D eigenvalue weighted by Crippen LogP contribution is -2.66. The van der Waals surface area contributed by atoms with Crippen LogP contribution in [0.3, 0.4) is 0 Å². The number of nitriles is 1. The van der Waals surface area contributed by atoms with Crippen LogP contribution in [0.1, 0.15) is 52.3 Å². The smallest absolute Gasteiger partial charge is 0.244 e. The molecule has 0 aliphatic carbocycles. The highest BCUT2D eigenvalue weighted by Crippen LogP contribution is 2.47. The van der Waals surface area contributed by atoms with E-state index in [4.69, 9.17) is 5.26 Å². The summed E-state index contributed by atoms with van der Waals surface area (Å²) in [6.07, 6.45) is 4.94. The Morgan fingerprint density at radius 2 is 1.78 bits per heavy atom. The van der Waals surface area contributed by atoms with Crippen molar-refractivity contribution in [3.8, 4) is 6.07 Å². The third-order valence-electron chi connectivity index (χ3n) is 7.83. The van der Waals surface area contributed by atoms with E-state index < -0.39 is 14.6 Å². The molecule has 2 aromatic heterocycles. The molecule has 0 saturated carbocycles. The third-order valence-corrected chi connectivity index (χ3v) is 10.3. The van der Waals surface area contributed by atoms with E-state index in [0.29, 0.717) is 31.9 Å². The van der Waals surface area contributed by atoms with Gasteiger partial charge in [-0.15, -0.1) is 0 Å². The molecule has 11 nitrogen and oxygen atoms in total. The van der Waals surface area contributed by atoms with Gasteiger partial charge in [0.2, 0.25) is 5.91 Å². The van der Waals surface area contributed by atoms with Crippen molar-refractivity contribution in [2.24, 2.45) is 0 Å². The SMILES string of the molecule is C[C@@H]1CN(c2ncnc3c2C(C)(C)CN3c2cnc(C#N)cn2)[C@@H](C)CN1C(=O)[C@@]1(C)CCS1(=O)=O. The molecule has 3 atom stereocenters. The summed E-state index contributed by atoms with van der Waals surface area (Å²) in [5, 5.41) is 9.06. The molecule has 0 bridgehead atoms. The van der Waals surface area contributed by atoms with Gasteiger partial charge >= 0.3 is 0 Å². The lowest BCUT2D eigenvalue weighted by Gasteiger charge is -2.49. The van der Waals surface area contributed by atoms with Gasteiger partial charge in [0.25, 0.3) is 0 Å². The molecule has 2 fully saturated rings. The maximum Gasteiger partial charge on any atom is 0.244 e. The highest BCUT2D eigenvalue weighted by molar-refractivity contribution is 7.95. The van der Waals surface area contributed by atoms with Crippen molar-refractivity contribution < 1.29 is 13.2 Å². The zero-order valence-corrected chi connectivity index (χ0v) is 21.9. The summed E-state index contributed by atoms with van der Waals surface area (Å²) in [7, 11) is -3.40. The number of aromatic nitrogens is 4. The molecule has 3 aliphatic rings. The van der Waals surface area contributed by atoms with E-state index in [1.807, 2.05) is 24.8 Å². The number of carbonyl (C=O) groups is 1. The van der Waals surface area contributed by atoms with Crippen LogP contribution in [0.25, 0.3) is 0 Å². The number of fused-ring (bicyclic) bond motifs is 1. The average Bonchev–Trinajstić information content (AvgIpc) is 3.14. The van der Waals surface area contributed by atoms with Gasteiger partial charge in [-0.1, -0.05) is 13.8 Å². The molecule has 190 valence electrons. The molecule has 5 rings (SSSR count). The third kappa shape index (κ3) is 3.51. The predicted molar refractivity (Wildman–Crippen MR) is 134 cm³/mol. The molecule has 0 aromatic carbocycles. The van der Waals surface area contributed by atoms with E-state index in [1.165, 1.54) is 12.5 Å². The van der Waals surface area contributed by atoms with Gasteiger partial charge in [0.1, 0.15) is 28.8 Å². The summed E-state index contributed by atoms with van der Waals surface area (Å²) < 4.78 is 23.4. The van der Waals surface area contributed by atoms with Crippen LogP contribution in [-0.2, 0) is 20.0 Å². The van der Waals surface area contributed by atoms with Crippen LogP contribution in [0.4, 0.5) is 17.5 Å². The van der Waals surface area contributed by atoms with Crippen molar-refractivity contribution in [2.45, 2.75) is 63.3 Å². The van der Waals surface area contributed by atoms with Gasteiger partial charge in [-0.2, -0.15) is 5.26 Å². The average molecular weight is 511 g/mol. The Morgan fingerprint density at radius 3 is 2.36 bits per heavy atom. The highest BCUT2D eigenvalue weighted by Gasteiger charge is 2.57.